The van der Waals surface area contributed by atoms with Gasteiger partial charge in [-0.25, -0.2) is 13.1 Å². The van der Waals surface area contributed by atoms with Crippen LogP contribution in [0, 0.1) is 0 Å². The summed E-state index contributed by atoms with van der Waals surface area (Å²) in [6.45, 7) is 4.69. The third-order valence-electron chi connectivity index (χ3n) is 5.15. The highest BCUT2D eigenvalue weighted by Crippen LogP contribution is 2.41. The van der Waals surface area contributed by atoms with Crippen LogP contribution in [-0.2, 0) is 15.4 Å². The van der Waals surface area contributed by atoms with E-state index in [2.05, 4.69) is 35.4 Å². The van der Waals surface area contributed by atoms with E-state index in [1.165, 1.54) is 18.4 Å². The second-order valence-corrected chi connectivity index (χ2v) is 9.59. The first-order valence-electron chi connectivity index (χ1n) is 8.55. The molecule has 3 nitrogen and oxygen atoms in total. The van der Waals surface area contributed by atoms with Gasteiger partial charge in [-0.3, -0.25) is 0 Å². The maximum Gasteiger partial charge on any atom is 0.240 e. The van der Waals surface area contributed by atoms with Gasteiger partial charge in [-0.15, -0.1) is 0 Å². The summed E-state index contributed by atoms with van der Waals surface area (Å²) >= 11 is 1.68. The van der Waals surface area contributed by atoms with E-state index in [4.69, 9.17) is 0 Å². The average molecular weight is 364 g/mol. The highest BCUT2D eigenvalue weighted by Gasteiger charge is 2.37. The zero-order valence-electron chi connectivity index (χ0n) is 14.3. The quantitative estimate of drug-likeness (QED) is 0.811. The molecule has 1 saturated carbocycles. The molecule has 0 atom stereocenters. The van der Waals surface area contributed by atoms with Crippen molar-refractivity contribution in [3.05, 3.63) is 52.2 Å². The molecule has 0 spiro atoms. The van der Waals surface area contributed by atoms with Crippen LogP contribution in [0.5, 0.6) is 0 Å². The normalized spacial score (nSPS) is 17.5. The molecule has 1 fully saturated rings. The largest absolute Gasteiger partial charge is 0.240 e. The van der Waals surface area contributed by atoms with E-state index in [-0.39, 0.29) is 5.41 Å². The molecule has 1 N–H and O–H groups in total. The second kappa shape index (κ2) is 6.98. The number of hydrogen-bond donors (Lipinski definition) is 1. The van der Waals surface area contributed by atoms with Gasteiger partial charge >= 0.3 is 0 Å². The fraction of sp³-hybridized carbons (Fsp3) is 0.474. The summed E-state index contributed by atoms with van der Waals surface area (Å²) < 4.78 is 28.2. The number of rotatable bonds is 6. The molecule has 0 saturated heterocycles. The number of thiophene rings is 1. The van der Waals surface area contributed by atoms with Crippen molar-refractivity contribution in [3.8, 4) is 0 Å². The Morgan fingerprint density at radius 2 is 1.79 bits per heavy atom. The van der Waals surface area contributed by atoms with Crippen molar-refractivity contribution in [2.45, 2.75) is 55.8 Å². The Balaban J connectivity index is 1.77. The predicted octanol–water partition coefficient (Wildman–Crippen LogP) is 4.66. The van der Waals surface area contributed by atoms with Crippen molar-refractivity contribution in [3.63, 3.8) is 0 Å². The molecule has 5 heteroatoms. The molecule has 1 aromatic heterocycles. The Labute approximate surface area is 149 Å². The monoisotopic (exact) mass is 363 g/mol. The molecular weight excluding hydrogens is 338 g/mol. The number of benzene rings is 1. The first kappa shape index (κ1) is 17.6. The van der Waals surface area contributed by atoms with Crippen LogP contribution in [0.4, 0.5) is 0 Å². The number of sulfonamides is 1. The van der Waals surface area contributed by atoms with Gasteiger partial charge < -0.3 is 0 Å². The van der Waals surface area contributed by atoms with Crippen LogP contribution in [0.15, 0.2) is 46.0 Å². The Morgan fingerprint density at radius 1 is 1.12 bits per heavy atom. The zero-order chi connectivity index (χ0) is 17.2. The minimum absolute atomic E-state index is 0.0368. The fourth-order valence-electron chi connectivity index (χ4n) is 3.53. The van der Waals surface area contributed by atoms with Crippen molar-refractivity contribution in [2.24, 2.45) is 0 Å². The lowest BCUT2D eigenvalue weighted by Crippen LogP contribution is -2.38. The second-order valence-electron chi connectivity index (χ2n) is 7.05. The predicted molar refractivity (Wildman–Crippen MR) is 100 cm³/mol. The van der Waals surface area contributed by atoms with Crippen LogP contribution in [0.25, 0.3) is 0 Å². The molecular formula is C19H25NO2S2. The lowest BCUT2D eigenvalue weighted by Gasteiger charge is -2.28. The molecule has 0 bridgehead atoms. The van der Waals surface area contributed by atoms with E-state index < -0.39 is 10.0 Å². The third-order valence-corrected chi connectivity index (χ3v) is 7.25. The van der Waals surface area contributed by atoms with Crippen molar-refractivity contribution in [2.75, 3.05) is 6.54 Å². The topological polar surface area (TPSA) is 46.2 Å². The van der Waals surface area contributed by atoms with Gasteiger partial charge in [0.25, 0.3) is 0 Å². The standard InChI is InChI=1S/C19H25NO2S2/c1-15(2)16-5-7-18(8-6-16)24(21,22)20-14-19(10-3-4-11-19)17-9-12-23-13-17/h5-9,12-13,15,20H,3-4,10-11,14H2,1-2H3. The first-order chi connectivity index (χ1) is 11.4. The lowest BCUT2D eigenvalue weighted by molar-refractivity contribution is 0.433. The molecule has 1 heterocycles. The van der Waals surface area contributed by atoms with E-state index in [0.29, 0.717) is 17.4 Å². The van der Waals surface area contributed by atoms with Gasteiger partial charge in [0.05, 0.1) is 4.90 Å². The molecule has 2 aromatic rings. The summed E-state index contributed by atoms with van der Waals surface area (Å²) in [5.74, 6) is 0.398. The third kappa shape index (κ3) is 3.58. The Kier molecular flexibility index (Phi) is 5.13. The van der Waals surface area contributed by atoms with Crippen LogP contribution in [0.3, 0.4) is 0 Å². The SMILES string of the molecule is CC(C)c1ccc(S(=O)(=O)NCC2(c3ccsc3)CCCC2)cc1. The Hall–Kier alpha value is -1.17. The molecule has 0 radical (unpaired) electrons. The highest BCUT2D eigenvalue weighted by molar-refractivity contribution is 7.89. The summed E-state index contributed by atoms with van der Waals surface area (Å²) in [5.41, 5.74) is 2.40. The smallest absolute Gasteiger partial charge is 0.210 e. The van der Waals surface area contributed by atoms with Gasteiger partial charge in [0.15, 0.2) is 0 Å². The zero-order valence-corrected chi connectivity index (χ0v) is 15.9. The summed E-state index contributed by atoms with van der Waals surface area (Å²) in [7, 11) is -3.47. The van der Waals surface area contributed by atoms with Crippen molar-refractivity contribution in [1.82, 2.24) is 4.72 Å². The van der Waals surface area contributed by atoms with E-state index >= 15 is 0 Å². The maximum atomic E-state index is 12.7. The van der Waals surface area contributed by atoms with Crippen LogP contribution < -0.4 is 4.72 Å². The van der Waals surface area contributed by atoms with Gasteiger partial charge in [0.2, 0.25) is 10.0 Å². The summed E-state index contributed by atoms with van der Waals surface area (Å²) in [5, 5.41) is 4.24. The average Bonchev–Trinajstić information content (AvgIpc) is 3.25. The lowest BCUT2D eigenvalue weighted by atomic mass is 9.81. The van der Waals surface area contributed by atoms with Crippen molar-refractivity contribution < 1.29 is 8.42 Å². The molecule has 130 valence electrons. The Bertz CT molecular complexity index is 756. The summed E-state index contributed by atoms with van der Waals surface area (Å²) in [6, 6.07) is 9.38. The van der Waals surface area contributed by atoms with Gasteiger partial charge in [-0.05, 0) is 58.8 Å². The van der Waals surface area contributed by atoms with Gasteiger partial charge in [-0.1, -0.05) is 38.8 Å². The molecule has 0 aliphatic heterocycles. The van der Waals surface area contributed by atoms with Crippen LogP contribution in [0.2, 0.25) is 0 Å². The Morgan fingerprint density at radius 3 is 2.33 bits per heavy atom. The van der Waals surface area contributed by atoms with Gasteiger partial charge in [0, 0.05) is 12.0 Å². The van der Waals surface area contributed by atoms with Crippen molar-refractivity contribution >= 4 is 21.4 Å². The van der Waals surface area contributed by atoms with E-state index in [0.717, 1.165) is 18.4 Å². The molecule has 24 heavy (non-hydrogen) atoms. The maximum absolute atomic E-state index is 12.7. The van der Waals surface area contributed by atoms with Gasteiger partial charge in [-0.2, -0.15) is 11.3 Å². The highest BCUT2D eigenvalue weighted by atomic mass is 32.2. The van der Waals surface area contributed by atoms with Crippen molar-refractivity contribution in [1.29, 1.82) is 0 Å². The fourth-order valence-corrected chi connectivity index (χ4v) is 5.44. The van der Waals surface area contributed by atoms with Crippen LogP contribution in [0.1, 0.15) is 56.6 Å². The van der Waals surface area contributed by atoms with E-state index in [1.54, 1.807) is 23.5 Å². The number of hydrogen-bond acceptors (Lipinski definition) is 3. The van der Waals surface area contributed by atoms with Gasteiger partial charge in [0.1, 0.15) is 0 Å². The van der Waals surface area contributed by atoms with E-state index in [9.17, 15) is 8.42 Å². The molecule has 0 amide bonds. The molecule has 1 aliphatic rings. The molecule has 1 aliphatic carbocycles. The van der Waals surface area contributed by atoms with E-state index in [1.807, 2.05) is 12.1 Å². The molecule has 1 aromatic carbocycles. The molecule has 0 unspecified atom stereocenters. The summed E-state index contributed by atoms with van der Waals surface area (Å²) in [4.78, 5) is 0.352. The van der Waals surface area contributed by atoms with Crippen LogP contribution in [-0.4, -0.2) is 15.0 Å². The number of nitrogens with one attached hydrogen (secondary N) is 1. The summed E-state index contributed by atoms with van der Waals surface area (Å²) in [6.07, 6.45) is 4.44. The van der Waals surface area contributed by atoms with Crippen LogP contribution >= 0.6 is 11.3 Å². The first-order valence-corrected chi connectivity index (χ1v) is 11.0. The molecule has 3 rings (SSSR count). The minimum atomic E-state index is -3.47. The minimum Gasteiger partial charge on any atom is -0.210 e.